The van der Waals surface area contributed by atoms with Crippen molar-refractivity contribution in [3.8, 4) is 0 Å². The minimum absolute atomic E-state index is 0. The molecule has 0 radical (unpaired) electrons. The minimum atomic E-state index is -0.460. The molecule has 3 nitrogen and oxygen atoms in total. The molecule has 1 rings (SSSR count). The fraction of sp³-hybridized carbons (Fsp3) is 0.533. The van der Waals surface area contributed by atoms with E-state index in [9.17, 15) is 4.79 Å². The molecule has 1 aromatic carbocycles. The molecule has 108 valence electrons. The van der Waals surface area contributed by atoms with Crippen LogP contribution in [0.3, 0.4) is 0 Å². The van der Waals surface area contributed by atoms with Crippen LogP contribution < -0.4 is 11.1 Å². The molecule has 1 aromatic rings. The van der Waals surface area contributed by atoms with E-state index in [1.807, 2.05) is 0 Å². The summed E-state index contributed by atoms with van der Waals surface area (Å²) in [4.78, 5) is 11.5. The Balaban J connectivity index is 0.00000324. The molecule has 1 atom stereocenters. The van der Waals surface area contributed by atoms with Crippen LogP contribution >= 0.6 is 12.4 Å². The van der Waals surface area contributed by atoms with E-state index < -0.39 is 6.04 Å². The van der Waals surface area contributed by atoms with Crippen molar-refractivity contribution in [2.24, 2.45) is 5.73 Å². The van der Waals surface area contributed by atoms with Gasteiger partial charge in [0.25, 0.3) is 0 Å². The molecular formula is C15H25ClN2O. The van der Waals surface area contributed by atoms with Gasteiger partial charge in [-0.15, -0.1) is 12.4 Å². The summed E-state index contributed by atoms with van der Waals surface area (Å²) in [6.07, 6.45) is 0. The molecule has 0 unspecified atom stereocenters. The largest absolute Gasteiger partial charge is 0.351 e. The molecule has 19 heavy (non-hydrogen) atoms. The molecule has 0 saturated carbocycles. The lowest BCUT2D eigenvalue weighted by atomic mass is 9.89. The Hall–Kier alpha value is -1.06. The molecular weight excluding hydrogens is 260 g/mol. The molecule has 0 aliphatic carbocycles. The monoisotopic (exact) mass is 284 g/mol. The Bertz CT molecular complexity index is 453. The third-order valence-corrected chi connectivity index (χ3v) is 4.01. The number of benzene rings is 1. The van der Waals surface area contributed by atoms with Gasteiger partial charge < -0.3 is 11.1 Å². The number of nitrogens with one attached hydrogen (secondary N) is 1. The van der Waals surface area contributed by atoms with Gasteiger partial charge in [0.1, 0.15) is 0 Å². The Morgan fingerprint density at radius 2 is 1.37 bits per heavy atom. The fourth-order valence-corrected chi connectivity index (χ4v) is 2.18. The van der Waals surface area contributed by atoms with E-state index in [0.29, 0.717) is 6.54 Å². The molecule has 0 spiro atoms. The summed E-state index contributed by atoms with van der Waals surface area (Å²) in [6, 6.07) is -0.460. The molecule has 0 fully saturated rings. The first-order valence-corrected chi connectivity index (χ1v) is 6.36. The average Bonchev–Trinajstić information content (AvgIpc) is 2.33. The number of hydrogen-bond acceptors (Lipinski definition) is 2. The van der Waals surface area contributed by atoms with Gasteiger partial charge in [0, 0.05) is 6.54 Å². The van der Waals surface area contributed by atoms with Crippen molar-refractivity contribution < 1.29 is 4.79 Å². The van der Waals surface area contributed by atoms with Gasteiger partial charge in [0.15, 0.2) is 0 Å². The highest BCUT2D eigenvalue weighted by atomic mass is 35.5. The molecule has 0 saturated heterocycles. The first kappa shape index (κ1) is 17.9. The molecule has 0 aromatic heterocycles. The summed E-state index contributed by atoms with van der Waals surface area (Å²) in [7, 11) is 0. The van der Waals surface area contributed by atoms with Crippen molar-refractivity contribution in [2.75, 3.05) is 0 Å². The van der Waals surface area contributed by atoms with Gasteiger partial charge in [-0.25, -0.2) is 0 Å². The van der Waals surface area contributed by atoms with Crippen molar-refractivity contribution in [1.29, 1.82) is 0 Å². The Morgan fingerprint density at radius 3 is 1.74 bits per heavy atom. The van der Waals surface area contributed by atoms with Crippen molar-refractivity contribution in [3.05, 3.63) is 33.4 Å². The van der Waals surface area contributed by atoms with E-state index in [-0.39, 0.29) is 18.3 Å². The maximum atomic E-state index is 11.5. The third-order valence-electron chi connectivity index (χ3n) is 4.01. The predicted molar refractivity (Wildman–Crippen MR) is 82.9 cm³/mol. The number of carbonyl (C=O) groups is 1. The SMILES string of the molecule is Cc1c(C)c(C)c(CNC(=O)[C@@H](C)N)c(C)c1C.Cl. The van der Waals surface area contributed by atoms with Crippen LogP contribution in [0.1, 0.15) is 40.3 Å². The number of amides is 1. The minimum Gasteiger partial charge on any atom is -0.351 e. The molecule has 0 aliphatic rings. The van der Waals surface area contributed by atoms with Crippen molar-refractivity contribution in [1.82, 2.24) is 5.32 Å². The number of hydrogen-bond donors (Lipinski definition) is 2. The summed E-state index contributed by atoms with van der Waals surface area (Å²) >= 11 is 0. The molecule has 1 amide bonds. The van der Waals surface area contributed by atoms with Gasteiger partial charge >= 0.3 is 0 Å². The zero-order valence-corrected chi connectivity index (χ0v) is 13.5. The lowest BCUT2D eigenvalue weighted by Gasteiger charge is -2.19. The van der Waals surface area contributed by atoms with Crippen LogP contribution in [0.25, 0.3) is 0 Å². The van der Waals surface area contributed by atoms with Gasteiger partial charge in [-0.1, -0.05) is 0 Å². The highest BCUT2D eigenvalue weighted by Crippen LogP contribution is 2.25. The third kappa shape index (κ3) is 3.71. The normalized spacial score (nSPS) is 11.7. The number of rotatable bonds is 3. The summed E-state index contributed by atoms with van der Waals surface area (Å²) in [5, 5.41) is 2.89. The molecule has 0 heterocycles. The highest BCUT2D eigenvalue weighted by Gasteiger charge is 2.13. The van der Waals surface area contributed by atoms with Crippen molar-refractivity contribution >= 4 is 18.3 Å². The molecule has 4 heteroatoms. The van der Waals surface area contributed by atoms with E-state index in [1.165, 1.54) is 33.4 Å². The van der Waals surface area contributed by atoms with Crippen LogP contribution in [-0.4, -0.2) is 11.9 Å². The van der Waals surface area contributed by atoms with Crippen LogP contribution in [0.5, 0.6) is 0 Å². The second-order valence-corrected chi connectivity index (χ2v) is 5.11. The summed E-state index contributed by atoms with van der Waals surface area (Å²) in [5.74, 6) is -0.107. The molecule has 0 bridgehead atoms. The first-order valence-electron chi connectivity index (χ1n) is 6.36. The smallest absolute Gasteiger partial charge is 0.236 e. The number of halogens is 1. The lowest BCUT2D eigenvalue weighted by Crippen LogP contribution is -2.38. The van der Waals surface area contributed by atoms with E-state index in [2.05, 4.69) is 39.9 Å². The first-order chi connectivity index (χ1) is 8.27. The van der Waals surface area contributed by atoms with E-state index in [1.54, 1.807) is 6.92 Å². The van der Waals surface area contributed by atoms with Crippen LogP contribution in [0, 0.1) is 34.6 Å². The topological polar surface area (TPSA) is 55.1 Å². The maximum absolute atomic E-state index is 11.5. The van der Waals surface area contributed by atoms with Crippen LogP contribution in [0.15, 0.2) is 0 Å². The average molecular weight is 285 g/mol. The van der Waals surface area contributed by atoms with Crippen LogP contribution in [0.4, 0.5) is 0 Å². The Morgan fingerprint density at radius 1 is 1.00 bits per heavy atom. The van der Waals surface area contributed by atoms with Gasteiger partial charge in [-0.3, -0.25) is 4.79 Å². The maximum Gasteiger partial charge on any atom is 0.236 e. The summed E-state index contributed by atoms with van der Waals surface area (Å²) in [5.41, 5.74) is 13.2. The Kier molecular flexibility index (Phi) is 6.53. The van der Waals surface area contributed by atoms with Crippen LogP contribution in [-0.2, 0) is 11.3 Å². The quantitative estimate of drug-likeness (QED) is 0.896. The second kappa shape index (κ2) is 6.92. The molecule has 3 N–H and O–H groups in total. The highest BCUT2D eigenvalue weighted by molar-refractivity contribution is 5.85. The number of nitrogens with two attached hydrogens (primary N) is 1. The fourth-order valence-electron chi connectivity index (χ4n) is 2.18. The zero-order chi connectivity index (χ0) is 14.0. The van der Waals surface area contributed by atoms with E-state index >= 15 is 0 Å². The lowest BCUT2D eigenvalue weighted by molar-refractivity contribution is -0.122. The summed E-state index contributed by atoms with van der Waals surface area (Å²) in [6.45, 7) is 12.9. The summed E-state index contributed by atoms with van der Waals surface area (Å²) < 4.78 is 0. The van der Waals surface area contributed by atoms with E-state index in [0.717, 1.165) is 0 Å². The zero-order valence-electron chi connectivity index (χ0n) is 12.7. The second-order valence-electron chi connectivity index (χ2n) is 5.11. The molecule has 0 aliphatic heterocycles. The van der Waals surface area contributed by atoms with Gasteiger partial charge in [0.2, 0.25) is 5.91 Å². The predicted octanol–water partition coefficient (Wildman–Crippen LogP) is 2.61. The van der Waals surface area contributed by atoms with E-state index in [4.69, 9.17) is 5.73 Å². The van der Waals surface area contributed by atoms with Gasteiger partial charge in [-0.2, -0.15) is 0 Å². The Labute approximate surface area is 122 Å². The van der Waals surface area contributed by atoms with Crippen LogP contribution in [0.2, 0.25) is 0 Å². The number of carbonyl (C=O) groups excluding carboxylic acids is 1. The van der Waals surface area contributed by atoms with Crippen molar-refractivity contribution in [3.63, 3.8) is 0 Å². The van der Waals surface area contributed by atoms with Gasteiger partial charge in [0.05, 0.1) is 6.04 Å². The van der Waals surface area contributed by atoms with Gasteiger partial charge in [-0.05, 0) is 74.9 Å². The standard InChI is InChI=1S/C15H24N2O.ClH/c1-8-9(2)11(4)14(12(5)10(8)3)7-17-15(18)13(6)16;/h13H,7,16H2,1-6H3,(H,17,18);1H/t13-;/m1./s1. The van der Waals surface area contributed by atoms with Crippen molar-refractivity contribution in [2.45, 2.75) is 54.1 Å².